The Morgan fingerprint density at radius 2 is 0.870 bits per heavy atom. The third-order valence-electron chi connectivity index (χ3n) is 9.18. The molecule has 0 aliphatic heterocycles. The van der Waals surface area contributed by atoms with Crippen LogP contribution in [0.4, 0.5) is 0 Å². The summed E-state index contributed by atoms with van der Waals surface area (Å²) in [4.78, 5) is 23.0. The number of allylic oxidation sites excluding steroid dienone is 4. The first-order chi connectivity index (χ1) is 22.6. The lowest BCUT2D eigenvalue weighted by atomic mass is 10.0. The highest BCUT2D eigenvalue weighted by Crippen LogP contribution is 2.18. The number of unbranched alkanes of at least 4 members (excludes halogenated alkanes) is 24. The number of esters is 1. The van der Waals surface area contributed by atoms with E-state index in [2.05, 4.69) is 38.2 Å². The second-order valence-corrected chi connectivity index (χ2v) is 13.8. The van der Waals surface area contributed by atoms with Crippen molar-refractivity contribution in [2.45, 2.75) is 232 Å². The summed E-state index contributed by atoms with van der Waals surface area (Å²) in [7, 11) is 0. The average Bonchev–Trinajstić information content (AvgIpc) is 3.04. The van der Waals surface area contributed by atoms with Gasteiger partial charge in [-0.3, -0.25) is 9.59 Å². The molecule has 0 aliphatic carbocycles. The lowest BCUT2D eigenvalue weighted by Crippen LogP contribution is -2.18. The quantitative estimate of drug-likeness (QED) is 0.0414. The molecule has 270 valence electrons. The molecule has 1 unspecified atom stereocenters. The summed E-state index contributed by atoms with van der Waals surface area (Å²) in [5.41, 5.74) is 0. The zero-order valence-corrected chi connectivity index (χ0v) is 30.9. The molecule has 0 saturated heterocycles. The van der Waals surface area contributed by atoms with Crippen molar-refractivity contribution in [1.82, 2.24) is 0 Å². The molecule has 0 radical (unpaired) electrons. The van der Waals surface area contributed by atoms with E-state index < -0.39 is 5.97 Å². The van der Waals surface area contributed by atoms with Gasteiger partial charge in [0.1, 0.15) is 6.10 Å². The molecule has 0 bridgehead atoms. The van der Waals surface area contributed by atoms with Crippen molar-refractivity contribution in [3.05, 3.63) is 24.3 Å². The van der Waals surface area contributed by atoms with Crippen LogP contribution >= 0.6 is 0 Å². The van der Waals surface area contributed by atoms with Gasteiger partial charge in [0.05, 0.1) is 0 Å². The Labute approximate surface area is 287 Å². The molecule has 0 aromatic carbocycles. The highest BCUT2D eigenvalue weighted by molar-refractivity contribution is 5.69. The molecule has 0 fully saturated rings. The van der Waals surface area contributed by atoms with Crippen molar-refractivity contribution >= 4 is 11.9 Å². The number of rotatable bonds is 37. The average molecular weight is 647 g/mol. The van der Waals surface area contributed by atoms with Gasteiger partial charge < -0.3 is 9.84 Å². The Kier molecular flexibility index (Phi) is 36.6. The normalized spacial score (nSPS) is 12.4. The SMILES string of the molecule is CCCCC/C=C\C/C=C\CCCCCCCC(=O)OC(CCCC)CCCCCCCCCCCCCCCCCCC(=O)O. The predicted octanol–water partition coefficient (Wildman–Crippen LogP) is 14.0. The second-order valence-electron chi connectivity index (χ2n) is 13.8. The molecule has 0 rings (SSSR count). The van der Waals surface area contributed by atoms with E-state index >= 15 is 0 Å². The summed E-state index contributed by atoms with van der Waals surface area (Å²) < 4.78 is 5.94. The Morgan fingerprint density at radius 1 is 0.478 bits per heavy atom. The summed E-state index contributed by atoms with van der Waals surface area (Å²) >= 11 is 0. The first kappa shape index (κ1) is 44.4. The Bertz CT molecular complexity index is 698. The smallest absolute Gasteiger partial charge is 0.306 e. The van der Waals surface area contributed by atoms with E-state index in [1.54, 1.807) is 0 Å². The van der Waals surface area contributed by atoms with Crippen LogP contribution in [0.1, 0.15) is 226 Å². The maximum Gasteiger partial charge on any atom is 0.306 e. The number of carboxylic acid groups (broad SMARTS) is 1. The number of carbonyl (C=O) groups is 2. The molecular formula is C42H78O4. The summed E-state index contributed by atoms with van der Waals surface area (Å²) in [6, 6.07) is 0. The summed E-state index contributed by atoms with van der Waals surface area (Å²) in [5.74, 6) is -0.636. The molecule has 0 saturated carbocycles. The maximum atomic E-state index is 12.5. The minimum absolute atomic E-state index is 0.0276. The molecule has 0 aromatic rings. The lowest BCUT2D eigenvalue weighted by Gasteiger charge is -2.18. The fourth-order valence-electron chi connectivity index (χ4n) is 6.14. The van der Waals surface area contributed by atoms with E-state index in [1.165, 1.54) is 141 Å². The molecule has 1 N–H and O–H groups in total. The lowest BCUT2D eigenvalue weighted by molar-refractivity contribution is -0.150. The zero-order chi connectivity index (χ0) is 33.6. The predicted molar refractivity (Wildman–Crippen MR) is 200 cm³/mol. The highest BCUT2D eigenvalue weighted by Gasteiger charge is 2.13. The van der Waals surface area contributed by atoms with Crippen molar-refractivity contribution in [1.29, 1.82) is 0 Å². The molecular weight excluding hydrogens is 568 g/mol. The number of carbonyl (C=O) groups excluding carboxylic acids is 1. The van der Waals surface area contributed by atoms with Crippen LogP contribution in [0.5, 0.6) is 0 Å². The van der Waals surface area contributed by atoms with Crippen molar-refractivity contribution in [2.75, 3.05) is 0 Å². The van der Waals surface area contributed by atoms with E-state index in [1.807, 2.05) is 0 Å². The minimum Gasteiger partial charge on any atom is -0.481 e. The van der Waals surface area contributed by atoms with Gasteiger partial charge in [-0.2, -0.15) is 0 Å². The third kappa shape index (κ3) is 36.9. The van der Waals surface area contributed by atoms with Gasteiger partial charge in [0.15, 0.2) is 0 Å². The van der Waals surface area contributed by atoms with E-state index in [-0.39, 0.29) is 12.1 Å². The third-order valence-corrected chi connectivity index (χ3v) is 9.18. The number of aliphatic carboxylic acids is 1. The molecule has 4 heteroatoms. The zero-order valence-electron chi connectivity index (χ0n) is 30.9. The number of hydrogen-bond acceptors (Lipinski definition) is 3. The van der Waals surface area contributed by atoms with Gasteiger partial charge in [-0.05, 0) is 64.2 Å². The second kappa shape index (κ2) is 37.9. The van der Waals surface area contributed by atoms with Crippen molar-refractivity contribution < 1.29 is 19.4 Å². The van der Waals surface area contributed by atoms with Crippen LogP contribution in [0.3, 0.4) is 0 Å². The fraction of sp³-hybridized carbons (Fsp3) is 0.857. The molecule has 0 aliphatic rings. The van der Waals surface area contributed by atoms with Crippen LogP contribution in [-0.2, 0) is 14.3 Å². The fourth-order valence-corrected chi connectivity index (χ4v) is 6.14. The topological polar surface area (TPSA) is 63.6 Å². The number of ether oxygens (including phenoxy) is 1. The van der Waals surface area contributed by atoms with Crippen LogP contribution in [0.2, 0.25) is 0 Å². The van der Waals surface area contributed by atoms with E-state index in [0.717, 1.165) is 57.8 Å². The van der Waals surface area contributed by atoms with Crippen molar-refractivity contribution in [3.63, 3.8) is 0 Å². The van der Waals surface area contributed by atoms with Crippen LogP contribution < -0.4 is 0 Å². The van der Waals surface area contributed by atoms with Gasteiger partial charge in [-0.15, -0.1) is 0 Å². The highest BCUT2D eigenvalue weighted by atomic mass is 16.5. The monoisotopic (exact) mass is 647 g/mol. The molecule has 0 amide bonds. The van der Waals surface area contributed by atoms with E-state index in [4.69, 9.17) is 9.84 Å². The minimum atomic E-state index is -0.663. The molecule has 0 heterocycles. The molecule has 46 heavy (non-hydrogen) atoms. The summed E-state index contributed by atoms with van der Waals surface area (Å²) in [6.07, 6.45) is 48.2. The maximum absolute atomic E-state index is 12.5. The van der Waals surface area contributed by atoms with Gasteiger partial charge in [0.25, 0.3) is 0 Å². The van der Waals surface area contributed by atoms with Gasteiger partial charge in [-0.25, -0.2) is 0 Å². The molecule has 4 nitrogen and oxygen atoms in total. The summed E-state index contributed by atoms with van der Waals surface area (Å²) in [6.45, 7) is 4.47. The molecule has 0 spiro atoms. The van der Waals surface area contributed by atoms with Gasteiger partial charge in [-0.1, -0.05) is 173 Å². The first-order valence-electron chi connectivity index (χ1n) is 20.3. The van der Waals surface area contributed by atoms with Crippen LogP contribution in [0.15, 0.2) is 24.3 Å². The Balaban J connectivity index is 3.63. The number of hydrogen-bond donors (Lipinski definition) is 1. The van der Waals surface area contributed by atoms with Crippen LogP contribution in [0, 0.1) is 0 Å². The van der Waals surface area contributed by atoms with Crippen LogP contribution in [-0.4, -0.2) is 23.1 Å². The standard InChI is InChI=1S/C42H78O4/c1-3-5-7-8-9-10-11-12-15-20-23-26-29-32-35-39-42(45)46-40(36-6-4-2)37-33-30-27-24-21-18-16-13-14-17-19-22-25-28-31-34-38-41(43)44/h9-10,12,15,40H,3-8,11,13-14,16-39H2,1-2H3,(H,43,44)/b10-9-,15-12-. The van der Waals surface area contributed by atoms with Crippen molar-refractivity contribution in [2.24, 2.45) is 0 Å². The Morgan fingerprint density at radius 3 is 1.35 bits per heavy atom. The largest absolute Gasteiger partial charge is 0.481 e. The number of carboxylic acids is 1. The van der Waals surface area contributed by atoms with Gasteiger partial charge in [0, 0.05) is 12.8 Å². The van der Waals surface area contributed by atoms with E-state index in [9.17, 15) is 9.59 Å². The summed E-state index contributed by atoms with van der Waals surface area (Å²) in [5, 5.41) is 8.66. The van der Waals surface area contributed by atoms with E-state index in [0.29, 0.717) is 12.8 Å². The molecule has 1 atom stereocenters. The molecule has 0 aromatic heterocycles. The van der Waals surface area contributed by atoms with Gasteiger partial charge in [0.2, 0.25) is 0 Å². The first-order valence-corrected chi connectivity index (χ1v) is 20.3. The van der Waals surface area contributed by atoms with Crippen molar-refractivity contribution in [3.8, 4) is 0 Å². The van der Waals surface area contributed by atoms with Crippen LogP contribution in [0.25, 0.3) is 0 Å². The van der Waals surface area contributed by atoms with Gasteiger partial charge >= 0.3 is 11.9 Å². The Hall–Kier alpha value is -1.58.